The number of ketones is 1. The summed E-state index contributed by atoms with van der Waals surface area (Å²) in [6, 6.07) is 0. The monoisotopic (exact) mass is 400 g/mol. The van der Waals surface area contributed by atoms with Crippen LogP contribution in [0.2, 0.25) is 0 Å². The first-order chi connectivity index (χ1) is 13.4. The minimum absolute atomic E-state index is 0.0102. The average molecular weight is 401 g/mol. The second-order valence-corrected chi connectivity index (χ2v) is 12.0. The lowest BCUT2D eigenvalue weighted by molar-refractivity contribution is -0.200. The Morgan fingerprint density at radius 3 is 2.41 bits per heavy atom. The van der Waals surface area contributed by atoms with Crippen molar-refractivity contribution >= 4 is 11.8 Å². The van der Waals surface area contributed by atoms with Crippen molar-refractivity contribution in [2.24, 2.45) is 39.4 Å². The maximum Gasteiger partial charge on any atom is 0.303 e. The summed E-state index contributed by atoms with van der Waals surface area (Å²) in [7, 11) is 0. The minimum Gasteiger partial charge on any atom is -0.455 e. The predicted molar refractivity (Wildman–Crippen MR) is 115 cm³/mol. The van der Waals surface area contributed by atoms with Gasteiger partial charge in [0.15, 0.2) is 11.9 Å². The lowest BCUT2D eigenvalue weighted by atomic mass is 9.35. The zero-order chi connectivity index (χ0) is 21.4. The summed E-state index contributed by atoms with van der Waals surface area (Å²) in [5.74, 6) is 1.36. The summed E-state index contributed by atoms with van der Waals surface area (Å²) in [5.41, 5.74) is 1.76. The largest absolute Gasteiger partial charge is 0.455 e. The Bertz CT molecular complexity index is 764. The van der Waals surface area contributed by atoms with E-state index in [0.29, 0.717) is 24.2 Å². The Hall–Kier alpha value is -1.12. The van der Waals surface area contributed by atoms with Crippen LogP contribution in [0.5, 0.6) is 0 Å². The van der Waals surface area contributed by atoms with E-state index in [0.717, 1.165) is 12.8 Å². The molecule has 0 aromatic carbocycles. The quantitative estimate of drug-likeness (QED) is 0.394. The fraction of sp³-hybridized carbons (Fsp3) is 0.846. The molecule has 0 radical (unpaired) electrons. The molecular formula is C26H40O3. The molecule has 0 unspecified atom stereocenters. The molecule has 7 atom stereocenters. The van der Waals surface area contributed by atoms with Gasteiger partial charge in [0.2, 0.25) is 0 Å². The smallest absolute Gasteiger partial charge is 0.303 e. The zero-order valence-corrected chi connectivity index (χ0v) is 19.6. The summed E-state index contributed by atoms with van der Waals surface area (Å²) in [6.07, 6.45) is 10.0. The highest BCUT2D eigenvalue weighted by atomic mass is 16.5. The van der Waals surface area contributed by atoms with E-state index in [1.54, 1.807) is 5.57 Å². The molecular weight excluding hydrogens is 360 g/mol. The van der Waals surface area contributed by atoms with Crippen LogP contribution in [0, 0.1) is 39.4 Å². The Morgan fingerprint density at radius 2 is 1.76 bits per heavy atom. The number of hydrogen-bond donors (Lipinski definition) is 0. The van der Waals surface area contributed by atoms with Crippen molar-refractivity contribution in [3.63, 3.8) is 0 Å². The van der Waals surface area contributed by atoms with Gasteiger partial charge in [0.1, 0.15) is 0 Å². The van der Waals surface area contributed by atoms with Crippen LogP contribution in [0.3, 0.4) is 0 Å². The number of allylic oxidation sites excluding steroid dienone is 2. The van der Waals surface area contributed by atoms with Crippen molar-refractivity contribution in [1.82, 2.24) is 0 Å². The topological polar surface area (TPSA) is 43.4 Å². The molecule has 0 saturated heterocycles. The molecule has 3 saturated carbocycles. The van der Waals surface area contributed by atoms with Crippen molar-refractivity contribution in [2.45, 2.75) is 99.5 Å². The summed E-state index contributed by atoms with van der Waals surface area (Å²) in [5, 5.41) is 0. The normalized spacial score (nSPS) is 48.7. The van der Waals surface area contributed by atoms with Crippen LogP contribution >= 0.6 is 0 Å². The van der Waals surface area contributed by atoms with Gasteiger partial charge < -0.3 is 4.74 Å². The molecule has 3 heteroatoms. The molecule has 3 nitrogen and oxygen atoms in total. The molecule has 0 aromatic rings. The van der Waals surface area contributed by atoms with E-state index in [1.807, 2.05) is 0 Å². The van der Waals surface area contributed by atoms with Gasteiger partial charge in [-0.2, -0.15) is 0 Å². The van der Waals surface area contributed by atoms with Crippen LogP contribution in [-0.2, 0) is 14.3 Å². The zero-order valence-electron chi connectivity index (χ0n) is 19.6. The first-order valence-corrected chi connectivity index (χ1v) is 11.8. The Kier molecular flexibility index (Phi) is 4.69. The standard InChI is InChI=1S/C26H40O3/c1-16-9-8-13-25(6)18(16)10-11-21-24(5)15-19(29-17(2)27)22(28)23(3,4)20(24)12-14-26(21,25)7/h10,16,19-21H,8-9,11-15H2,1-7H3/t16-,19-,20+,21-,24+,25-,26-/m1/s1. The molecule has 29 heavy (non-hydrogen) atoms. The number of esters is 1. The Morgan fingerprint density at radius 1 is 1.07 bits per heavy atom. The van der Waals surface area contributed by atoms with E-state index in [4.69, 9.17) is 4.74 Å². The van der Waals surface area contributed by atoms with Gasteiger partial charge in [-0.15, -0.1) is 0 Å². The maximum absolute atomic E-state index is 13.3. The molecule has 0 bridgehead atoms. The van der Waals surface area contributed by atoms with Gasteiger partial charge in [-0.25, -0.2) is 0 Å². The van der Waals surface area contributed by atoms with Crippen molar-refractivity contribution in [1.29, 1.82) is 0 Å². The van der Waals surface area contributed by atoms with Crippen LogP contribution in [0.15, 0.2) is 11.6 Å². The van der Waals surface area contributed by atoms with Crippen LogP contribution in [0.25, 0.3) is 0 Å². The predicted octanol–water partition coefficient (Wildman–Crippen LogP) is 6.11. The molecule has 0 aliphatic heterocycles. The highest BCUT2D eigenvalue weighted by Crippen LogP contribution is 2.72. The second kappa shape index (κ2) is 6.44. The van der Waals surface area contributed by atoms with Crippen LogP contribution < -0.4 is 0 Å². The number of hydrogen-bond acceptors (Lipinski definition) is 3. The van der Waals surface area contributed by atoms with E-state index < -0.39 is 11.5 Å². The molecule has 0 N–H and O–H groups in total. The van der Waals surface area contributed by atoms with Crippen LogP contribution in [-0.4, -0.2) is 17.9 Å². The van der Waals surface area contributed by atoms with Gasteiger partial charge in [-0.05, 0) is 72.5 Å². The van der Waals surface area contributed by atoms with E-state index in [2.05, 4.69) is 47.6 Å². The average Bonchev–Trinajstić information content (AvgIpc) is 2.60. The molecule has 4 rings (SSSR count). The maximum atomic E-state index is 13.3. The lowest BCUT2D eigenvalue weighted by Gasteiger charge is -2.69. The van der Waals surface area contributed by atoms with Crippen molar-refractivity contribution in [2.75, 3.05) is 0 Å². The van der Waals surface area contributed by atoms with Gasteiger partial charge in [-0.3, -0.25) is 9.59 Å². The van der Waals surface area contributed by atoms with Crippen LogP contribution in [0.4, 0.5) is 0 Å². The highest BCUT2D eigenvalue weighted by Gasteiger charge is 2.67. The van der Waals surface area contributed by atoms with Crippen molar-refractivity contribution in [3.8, 4) is 0 Å². The first kappa shape index (κ1) is 21.1. The SMILES string of the molecule is CC(=O)O[C@@H]1C[C@]2(C)[C@H]3CC=C4[C@H](C)CCC[C@@]4(C)[C@]3(C)CC[C@H]2C(C)(C)C1=O. The third-order valence-corrected chi connectivity index (χ3v) is 10.4. The summed E-state index contributed by atoms with van der Waals surface area (Å²) in [4.78, 5) is 25.0. The molecule has 162 valence electrons. The summed E-state index contributed by atoms with van der Waals surface area (Å²) >= 11 is 0. The fourth-order valence-corrected chi connectivity index (χ4v) is 8.84. The molecule has 0 aromatic heterocycles. The summed E-state index contributed by atoms with van der Waals surface area (Å²) < 4.78 is 5.61. The highest BCUT2D eigenvalue weighted by molar-refractivity contribution is 5.91. The number of Topliss-reactive ketones (excluding diaryl/α,β-unsaturated/α-hetero) is 1. The summed E-state index contributed by atoms with van der Waals surface area (Å²) in [6.45, 7) is 15.6. The van der Waals surface area contributed by atoms with Crippen molar-refractivity contribution in [3.05, 3.63) is 11.6 Å². The number of rotatable bonds is 1. The third-order valence-electron chi connectivity index (χ3n) is 10.4. The van der Waals surface area contributed by atoms with Gasteiger partial charge in [0.25, 0.3) is 0 Å². The van der Waals surface area contributed by atoms with Crippen molar-refractivity contribution < 1.29 is 14.3 Å². The number of carbonyl (C=O) groups excluding carboxylic acids is 2. The van der Waals surface area contributed by atoms with Gasteiger partial charge >= 0.3 is 5.97 Å². The van der Waals surface area contributed by atoms with Gasteiger partial charge in [-0.1, -0.05) is 59.6 Å². The molecule has 3 fully saturated rings. The number of fused-ring (bicyclic) bond motifs is 5. The first-order valence-electron chi connectivity index (χ1n) is 11.8. The van der Waals surface area contributed by atoms with Gasteiger partial charge in [0, 0.05) is 12.3 Å². The Labute approximate surface area is 177 Å². The third kappa shape index (κ3) is 2.67. The minimum atomic E-state index is -0.588. The second-order valence-electron chi connectivity index (χ2n) is 12.0. The molecule has 4 aliphatic rings. The molecule has 4 aliphatic carbocycles. The molecule has 0 spiro atoms. The molecule has 0 heterocycles. The van der Waals surface area contributed by atoms with E-state index in [-0.39, 0.29) is 28.0 Å². The fourth-order valence-electron chi connectivity index (χ4n) is 8.84. The Balaban J connectivity index is 1.80. The lowest BCUT2D eigenvalue weighted by Crippen LogP contribution is -2.65. The van der Waals surface area contributed by atoms with E-state index >= 15 is 0 Å². The van der Waals surface area contributed by atoms with E-state index in [1.165, 1.54) is 32.6 Å². The number of ether oxygens (including phenoxy) is 1. The van der Waals surface area contributed by atoms with Gasteiger partial charge in [0.05, 0.1) is 0 Å². The number of carbonyl (C=O) groups is 2. The van der Waals surface area contributed by atoms with Crippen LogP contribution in [0.1, 0.15) is 93.4 Å². The van der Waals surface area contributed by atoms with E-state index in [9.17, 15) is 9.59 Å². The molecule has 0 amide bonds.